The van der Waals surface area contributed by atoms with Crippen LogP contribution in [0.1, 0.15) is 5.56 Å². The third kappa shape index (κ3) is 3.24. The normalized spacial score (nSPS) is 10.2. The van der Waals surface area contributed by atoms with Crippen molar-refractivity contribution in [1.29, 1.82) is 0 Å². The van der Waals surface area contributed by atoms with E-state index in [1.165, 1.54) is 17.8 Å². The molecule has 0 unspecified atom stereocenters. The van der Waals surface area contributed by atoms with Crippen molar-refractivity contribution in [1.82, 2.24) is 0 Å². The standard InChI is InChI=1S/C14H13FOS/c1-17-14-8-7-12(9-13(14)15)16-10-11-5-3-2-4-6-11/h2-9H,10H2,1H3. The highest BCUT2D eigenvalue weighted by Crippen LogP contribution is 2.23. The first-order valence-electron chi connectivity index (χ1n) is 5.30. The molecular weight excluding hydrogens is 235 g/mol. The third-order valence-electron chi connectivity index (χ3n) is 2.37. The molecule has 0 radical (unpaired) electrons. The average molecular weight is 248 g/mol. The van der Waals surface area contributed by atoms with Crippen LogP contribution in [0.25, 0.3) is 0 Å². The highest BCUT2D eigenvalue weighted by atomic mass is 32.2. The maximum atomic E-state index is 13.5. The van der Waals surface area contributed by atoms with E-state index in [0.717, 1.165) is 5.56 Å². The molecule has 17 heavy (non-hydrogen) atoms. The fraction of sp³-hybridized carbons (Fsp3) is 0.143. The first-order valence-corrected chi connectivity index (χ1v) is 6.52. The zero-order valence-electron chi connectivity index (χ0n) is 9.52. The SMILES string of the molecule is CSc1ccc(OCc2ccccc2)cc1F. The van der Waals surface area contributed by atoms with Crippen LogP contribution in [0.15, 0.2) is 53.4 Å². The predicted octanol–water partition coefficient (Wildman–Crippen LogP) is 4.13. The molecule has 0 aromatic heterocycles. The van der Waals surface area contributed by atoms with Crippen molar-refractivity contribution in [2.24, 2.45) is 0 Å². The smallest absolute Gasteiger partial charge is 0.140 e. The van der Waals surface area contributed by atoms with Crippen LogP contribution >= 0.6 is 11.8 Å². The molecule has 2 rings (SSSR count). The molecule has 2 aromatic carbocycles. The highest BCUT2D eigenvalue weighted by molar-refractivity contribution is 7.98. The second-order valence-electron chi connectivity index (χ2n) is 3.57. The van der Waals surface area contributed by atoms with E-state index < -0.39 is 0 Å². The summed E-state index contributed by atoms with van der Waals surface area (Å²) in [5.74, 6) is 0.326. The van der Waals surface area contributed by atoms with Crippen molar-refractivity contribution in [3.8, 4) is 5.75 Å². The molecule has 1 nitrogen and oxygen atoms in total. The third-order valence-corrected chi connectivity index (χ3v) is 3.14. The number of halogens is 1. The summed E-state index contributed by atoms with van der Waals surface area (Å²) in [7, 11) is 0. The summed E-state index contributed by atoms with van der Waals surface area (Å²) < 4.78 is 19.0. The summed E-state index contributed by atoms with van der Waals surface area (Å²) >= 11 is 1.39. The van der Waals surface area contributed by atoms with Crippen LogP contribution in [0.5, 0.6) is 5.75 Å². The molecule has 0 amide bonds. The van der Waals surface area contributed by atoms with Gasteiger partial charge in [0.2, 0.25) is 0 Å². The minimum absolute atomic E-state index is 0.233. The van der Waals surface area contributed by atoms with Crippen LogP contribution < -0.4 is 4.74 Å². The monoisotopic (exact) mass is 248 g/mol. The first kappa shape index (κ1) is 12.0. The van der Waals surface area contributed by atoms with Crippen molar-refractivity contribution >= 4 is 11.8 Å². The zero-order chi connectivity index (χ0) is 12.1. The second kappa shape index (κ2) is 5.73. The van der Waals surface area contributed by atoms with Gasteiger partial charge in [-0.1, -0.05) is 30.3 Å². The van der Waals surface area contributed by atoms with Crippen LogP contribution in [0, 0.1) is 5.82 Å². The van der Waals surface area contributed by atoms with Gasteiger partial charge in [-0.05, 0) is 24.0 Å². The van der Waals surface area contributed by atoms with Crippen LogP contribution in [0.3, 0.4) is 0 Å². The molecule has 3 heteroatoms. The highest BCUT2D eigenvalue weighted by Gasteiger charge is 2.03. The largest absolute Gasteiger partial charge is 0.489 e. The Balaban J connectivity index is 2.02. The summed E-state index contributed by atoms with van der Waals surface area (Å²) in [5.41, 5.74) is 1.07. The number of rotatable bonds is 4. The van der Waals surface area contributed by atoms with Gasteiger partial charge in [-0.25, -0.2) is 4.39 Å². The Morgan fingerprint density at radius 3 is 2.53 bits per heavy atom. The molecule has 0 aliphatic heterocycles. The molecule has 88 valence electrons. The quantitative estimate of drug-likeness (QED) is 0.752. The first-order chi connectivity index (χ1) is 8.29. The van der Waals surface area contributed by atoms with E-state index in [4.69, 9.17) is 4.74 Å². The Morgan fingerprint density at radius 2 is 1.88 bits per heavy atom. The lowest BCUT2D eigenvalue weighted by Crippen LogP contribution is -1.95. The maximum absolute atomic E-state index is 13.5. The maximum Gasteiger partial charge on any atom is 0.140 e. The summed E-state index contributed by atoms with van der Waals surface area (Å²) in [6.07, 6.45) is 1.85. The molecule has 0 fully saturated rings. The molecule has 0 saturated carbocycles. The Bertz CT molecular complexity index is 485. The summed E-state index contributed by atoms with van der Waals surface area (Å²) in [5, 5.41) is 0. The van der Waals surface area contributed by atoms with Crippen molar-refractivity contribution in [3.05, 3.63) is 59.9 Å². The van der Waals surface area contributed by atoms with Crippen LogP contribution in [-0.4, -0.2) is 6.26 Å². The molecule has 0 bridgehead atoms. The van der Waals surface area contributed by atoms with Gasteiger partial charge in [0, 0.05) is 11.0 Å². The number of hydrogen-bond donors (Lipinski definition) is 0. The van der Waals surface area contributed by atoms with Crippen molar-refractivity contribution in [3.63, 3.8) is 0 Å². The van der Waals surface area contributed by atoms with Gasteiger partial charge >= 0.3 is 0 Å². The molecule has 0 heterocycles. The lowest BCUT2D eigenvalue weighted by molar-refractivity contribution is 0.304. The molecular formula is C14H13FOS. The minimum atomic E-state index is -0.233. The van der Waals surface area contributed by atoms with Gasteiger partial charge in [0.25, 0.3) is 0 Å². The van der Waals surface area contributed by atoms with Gasteiger partial charge in [0.15, 0.2) is 0 Å². The van der Waals surface area contributed by atoms with Gasteiger partial charge < -0.3 is 4.74 Å². The topological polar surface area (TPSA) is 9.23 Å². The number of ether oxygens (including phenoxy) is 1. The van der Waals surface area contributed by atoms with E-state index in [9.17, 15) is 4.39 Å². The summed E-state index contributed by atoms with van der Waals surface area (Å²) in [6.45, 7) is 0.457. The second-order valence-corrected chi connectivity index (χ2v) is 4.42. The lowest BCUT2D eigenvalue weighted by Gasteiger charge is -2.07. The molecule has 0 N–H and O–H groups in total. The van der Waals surface area contributed by atoms with Crippen molar-refractivity contribution < 1.29 is 9.13 Å². The molecule has 0 aliphatic carbocycles. The molecule has 0 aliphatic rings. The Hall–Kier alpha value is -1.48. The number of benzene rings is 2. The minimum Gasteiger partial charge on any atom is -0.489 e. The van der Waals surface area contributed by atoms with E-state index >= 15 is 0 Å². The fourth-order valence-electron chi connectivity index (χ4n) is 1.48. The van der Waals surface area contributed by atoms with Crippen LogP contribution in [0.4, 0.5) is 4.39 Å². The van der Waals surface area contributed by atoms with E-state index in [2.05, 4.69) is 0 Å². The van der Waals surface area contributed by atoms with Gasteiger partial charge in [0.05, 0.1) is 0 Å². The average Bonchev–Trinajstić information content (AvgIpc) is 2.38. The zero-order valence-corrected chi connectivity index (χ0v) is 10.3. The number of thioether (sulfide) groups is 1. The van der Waals surface area contributed by atoms with Gasteiger partial charge in [-0.15, -0.1) is 11.8 Å². The van der Waals surface area contributed by atoms with Gasteiger partial charge in [0.1, 0.15) is 18.2 Å². The predicted molar refractivity (Wildman–Crippen MR) is 69.0 cm³/mol. The Morgan fingerprint density at radius 1 is 1.12 bits per heavy atom. The van der Waals surface area contributed by atoms with E-state index in [0.29, 0.717) is 17.3 Å². The van der Waals surface area contributed by atoms with E-state index in [1.54, 1.807) is 12.1 Å². The van der Waals surface area contributed by atoms with Crippen molar-refractivity contribution in [2.75, 3.05) is 6.26 Å². The van der Waals surface area contributed by atoms with E-state index in [1.807, 2.05) is 36.6 Å². The van der Waals surface area contributed by atoms with Gasteiger partial charge in [-0.2, -0.15) is 0 Å². The molecule has 0 saturated heterocycles. The Labute approximate surface area is 105 Å². The lowest BCUT2D eigenvalue weighted by atomic mass is 10.2. The molecule has 0 atom stereocenters. The Kier molecular flexibility index (Phi) is 4.04. The summed E-state index contributed by atoms with van der Waals surface area (Å²) in [6, 6.07) is 14.8. The van der Waals surface area contributed by atoms with Crippen LogP contribution in [0.2, 0.25) is 0 Å². The fourth-order valence-corrected chi connectivity index (χ4v) is 1.94. The van der Waals surface area contributed by atoms with Crippen molar-refractivity contribution in [2.45, 2.75) is 11.5 Å². The van der Waals surface area contributed by atoms with Crippen LogP contribution in [-0.2, 0) is 6.61 Å². The summed E-state index contributed by atoms with van der Waals surface area (Å²) in [4.78, 5) is 0.636. The molecule has 0 spiro atoms. The number of hydrogen-bond acceptors (Lipinski definition) is 2. The molecule has 2 aromatic rings. The van der Waals surface area contributed by atoms with Gasteiger partial charge in [-0.3, -0.25) is 0 Å². The van der Waals surface area contributed by atoms with E-state index in [-0.39, 0.29) is 5.82 Å².